The number of likely N-dealkylation sites (tertiary alicyclic amines) is 1. The van der Waals surface area contributed by atoms with Crippen LogP contribution >= 0.6 is 12.4 Å². The van der Waals surface area contributed by atoms with E-state index in [1.165, 1.54) is 11.1 Å². The van der Waals surface area contributed by atoms with E-state index in [-0.39, 0.29) is 30.2 Å². The summed E-state index contributed by atoms with van der Waals surface area (Å²) in [4.78, 5) is 25.4. The summed E-state index contributed by atoms with van der Waals surface area (Å²) in [7, 11) is 0. The smallest absolute Gasteiger partial charge is 0.306 e. The third-order valence-electron chi connectivity index (χ3n) is 5.46. The molecular weight excluding hydrogens is 388 g/mol. The van der Waals surface area contributed by atoms with Crippen LogP contribution in [0.25, 0.3) is 0 Å². The Morgan fingerprint density at radius 3 is 1.97 bits per heavy atom. The van der Waals surface area contributed by atoms with Crippen LogP contribution in [0.4, 0.5) is 0 Å². The second-order valence-electron chi connectivity index (χ2n) is 7.40. The third-order valence-corrected chi connectivity index (χ3v) is 5.46. The number of benzene rings is 2. The molecule has 1 aliphatic rings. The van der Waals surface area contributed by atoms with Crippen LogP contribution < -0.4 is 5.32 Å². The molecule has 1 fully saturated rings. The Labute approximate surface area is 178 Å². The molecule has 2 aromatic carbocycles. The van der Waals surface area contributed by atoms with Crippen LogP contribution in [0.2, 0.25) is 0 Å². The summed E-state index contributed by atoms with van der Waals surface area (Å²) in [5, 5.41) is 12.1. The Balaban J connectivity index is 0.00000300. The van der Waals surface area contributed by atoms with Crippen LogP contribution in [-0.4, -0.2) is 48.1 Å². The lowest BCUT2D eigenvalue weighted by atomic mass is 9.88. The van der Waals surface area contributed by atoms with Gasteiger partial charge in [-0.3, -0.25) is 14.5 Å². The van der Waals surface area contributed by atoms with Crippen molar-refractivity contribution in [2.75, 3.05) is 26.2 Å². The molecule has 1 aliphatic heterocycles. The topological polar surface area (TPSA) is 69.6 Å². The molecule has 0 spiro atoms. The summed E-state index contributed by atoms with van der Waals surface area (Å²) in [5.41, 5.74) is 2.50. The normalized spacial score (nSPS) is 14.9. The Morgan fingerprint density at radius 1 is 0.966 bits per heavy atom. The highest BCUT2D eigenvalue weighted by Gasteiger charge is 2.25. The van der Waals surface area contributed by atoms with Gasteiger partial charge in [-0.05, 0) is 43.5 Å². The maximum absolute atomic E-state index is 12.3. The van der Waals surface area contributed by atoms with Crippen molar-refractivity contribution in [2.45, 2.75) is 25.2 Å². The van der Waals surface area contributed by atoms with Gasteiger partial charge in [0, 0.05) is 12.5 Å². The molecule has 3 rings (SSSR count). The molecule has 0 saturated carbocycles. The van der Waals surface area contributed by atoms with Crippen LogP contribution in [-0.2, 0) is 9.59 Å². The molecule has 6 heteroatoms. The van der Waals surface area contributed by atoms with Gasteiger partial charge in [0.05, 0.1) is 12.5 Å². The van der Waals surface area contributed by atoms with E-state index in [4.69, 9.17) is 5.11 Å². The lowest BCUT2D eigenvalue weighted by Crippen LogP contribution is -2.43. The van der Waals surface area contributed by atoms with Crippen molar-refractivity contribution in [2.24, 2.45) is 5.92 Å². The first-order chi connectivity index (χ1) is 13.6. The monoisotopic (exact) mass is 416 g/mol. The Bertz CT molecular complexity index is 723. The Morgan fingerprint density at radius 2 is 1.48 bits per heavy atom. The van der Waals surface area contributed by atoms with E-state index in [1.807, 2.05) is 41.3 Å². The number of carbonyl (C=O) groups is 2. The molecule has 0 bridgehead atoms. The van der Waals surface area contributed by atoms with Crippen LogP contribution in [0.1, 0.15) is 36.3 Å². The number of hydrogen-bond acceptors (Lipinski definition) is 3. The van der Waals surface area contributed by atoms with Gasteiger partial charge in [-0.15, -0.1) is 12.4 Å². The van der Waals surface area contributed by atoms with E-state index in [1.54, 1.807) is 0 Å². The van der Waals surface area contributed by atoms with E-state index in [2.05, 4.69) is 29.6 Å². The zero-order chi connectivity index (χ0) is 19.8. The molecule has 1 amide bonds. The van der Waals surface area contributed by atoms with Gasteiger partial charge in [0.15, 0.2) is 0 Å². The average molecular weight is 417 g/mol. The molecule has 0 aliphatic carbocycles. The van der Waals surface area contributed by atoms with E-state index < -0.39 is 5.97 Å². The van der Waals surface area contributed by atoms with Crippen molar-refractivity contribution in [1.29, 1.82) is 0 Å². The van der Waals surface area contributed by atoms with Crippen LogP contribution in [0.15, 0.2) is 60.7 Å². The number of nitrogens with one attached hydrogen (secondary N) is 1. The lowest BCUT2D eigenvalue weighted by Gasteiger charge is -2.29. The predicted octanol–water partition coefficient (Wildman–Crippen LogP) is 3.54. The summed E-state index contributed by atoms with van der Waals surface area (Å²) in [6, 6.07) is 20.7. The number of rotatable bonds is 8. The first-order valence-corrected chi connectivity index (χ1v) is 9.95. The fourth-order valence-corrected chi connectivity index (χ4v) is 3.85. The first-order valence-electron chi connectivity index (χ1n) is 9.95. The molecule has 0 aromatic heterocycles. The maximum atomic E-state index is 12.3. The summed E-state index contributed by atoms with van der Waals surface area (Å²) in [6.07, 6.45) is 2.07. The van der Waals surface area contributed by atoms with Gasteiger partial charge in [0.1, 0.15) is 0 Å². The highest BCUT2D eigenvalue weighted by Crippen LogP contribution is 2.27. The summed E-state index contributed by atoms with van der Waals surface area (Å²) in [5.74, 6) is -0.739. The van der Waals surface area contributed by atoms with E-state index >= 15 is 0 Å². The van der Waals surface area contributed by atoms with Crippen molar-refractivity contribution in [3.8, 4) is 0 Å². The van der Waals surface area contributed by atoms with Gasteiger partial charge in [-0.25, -0.2) is 0 Å². The van der Waals surface area contributed by atoms with Crippen LogP contribution in [0.3, 0.4) is 0 Å². The molecule has 1 saturated heterocycles. The van der Waals surface area contributed by atoms with Crippen molar-refractivity contribution >= 4 is 24.3 Å². The molecule has 0 atom stereocenters. The second-order valence-corrected chi connectivity index (χ2v) is 7.40. The van der Waals surface area contributed by atoms with Gasteiger partial charge >= 0.3 is 5.97 Å². The lowest BCUT2D eigenvalue weighted by molar-refractivity contribution is -0.143. The highest BCUT2D eigenvalue weighted by molar-refractivity contribution is 5.85. The summed E-state index contributed by atoms with van der Waals surface area (Å²) >= 11 is 0. The molecule has 1 heterocycles. The minimum atomic E-state index is -0.725. The van der Waals surface area contributed by atoms with Crippen LogP contribution in [0.5, 0.6) is 0 Å². The molecule has 2 N–H and O–H groups in total. The van der Waals surface area contributed by atoms with Gasteiger partial charge in [0.25, 0.3) is 0 Å². The first kappa shape index (κ1) is 22.9. The van der Waals surface area contributed by atoms with Crippen molar-refractivity contribution in [3.05, 3.63) is 71.8 Å². The zero-order valence-electron chi connectivity index (χ0n) is 16.5. The second kappa shape index (κ2) is 11.6. The van der Waals surface area contributed by atoms with Crippen molar-refractivity contribution in [1.82, 2.24) is 10.2 Å². The Kier molecular flexibility index (Phi) is 9.16. The number of hydrogen-bond donors (Lipinski definition) is 2. The van der Waals surface area contributed by atoms with Gasteiger partial charge in [0.2, 0.25) is 5.91 Å². The summed E-state index contributed by atoms with van der Waals surface area (Å²) < 4.78 is 0. The SMILES string of the molecule is Cl.O=C(CN1CCC(C(=O)O)CC1)NCCC(c1ccccc1)c1ccccc1. The molecule has 0 radical (unpaired) electrons. The minimum Gasteiger partial charge on any atom is -0.481 e. The van der Waals surface area contributed by atoms with Crippen molar-refractivity contribution < 1.29 is 14.7 Å². The standard InChI is InChI=1S/C23H28N2O3.ClH/c26-22(17-25-15-12-20(13-16-25)23(27)28)24-14-11-21(18-7-3-1-4-8-18)19-9-5-2-6-10-19;/h1-10,20-21H,11-17H2,(H,24,26)(H,27,28);1H. The van der Waals surface area contributed by atoms with Gasteiger partial charge in [-0.1, -0.05) is 60.7 Å². The fourth-order valence-electron chi connectivity index (χ4n) is 3.85. The third kappa shape index (κ3) is 6.87. The van der Waals surface area contributed by atoms with Crippen LogP contribution in [0, 0.1) is 5.92 Å². The number of carboxylic acids is 1. The molecule has 2 aromatic rings. The largest absolute Gasteiger partial charge is 0.481 e. The minimum absolute atomic E-state index is 0. The molecule has 0 unspecified atom stereocenters. The molecule has 5 nitrogen and oxygen atoms in total. The average Bonchev–Trinajstić information content (AvgIpc) is 2.73. The molecular formula is C23H29ClN2O3. The zero-order valence-corrected chi connectivity index (χ0v) is 17.3. The Hall–Kier alpha value is -2.37. The quantitative estimate of drug-likeness (QED) is 0.690. The molecule has 156 valence electrons. The predicted molar refractivity (Wildman–Crippen MR) is 116 cm³/mol. The van der Waals surface area contributed by atoms with E-state index in [9.17, 15) is 9.59 Å². The number of piperidine rings is 1. The summed E-state index contributed by atoms with van der Waals surface area (Å²) in [6.45, 7) is 2.29. The molecule has 29 heavy (non-hydrogen) atoms. The number of nitrogens with zero attached hydrogens (tertiary/aromatic N) is 1. The highest BCUT2D eigenvalue weighted by atomic mass is 35.5. The number of halogens is 1. The number of aliphatic carboxylic acids is 1. The van der Waals surface area contributed by atoms with Gasteiger partial charge < -0.3 is 10.4 Å². The number of carboxylic acid groups (broad SMARTS) is 1. The van der Waals surface area contributed by atoms with E-state index in [0.29, 0.717) is 39.0 Å². The van der Waals surface area contributed by atoms with Crippen molar-refractivity contribution in [3.63, 3.8) is 0 Å². The number of amides is 1. The van der Waals surface area contributed by atoms with Gasteiger partial charge in [-0.2, -0.15) is 0 Å². The maximum Gasteiger partial charge on any atom is 0.306 e. The number of carbonyl (C=O) groups excluding carboxylic acids is 1. The van der Waals surface area contributed by atoms with E-state index in [0.717, 1.165) is 6.42 Å². The fraction of sp³-hybridized carbons (Fsp3) is 0.391.